The van der Waals surface area contributed by atoms with Crippen LogP contribution in [0, 0.1) is 0 Å². The molecule has 0 saturated carbocycles. The molecule has 1 aromatic rings. The van der Waals surface area contributed by atoms with Crippen molar-refractivity contribution in [1.29, 1.82) is 0 Å². The van der Waals surface area contributed by atoms with Crippen molar-refractivity contribution in [3.63, 3.8) is 0 Å². The smallest absolute Gasteiger partial charge is 0.0406 e. The van der Waals surface area contributed by atoms with E-state index < -0.39 is 0 Å². The van der Waals surface area contributed by atoms with Crippen molar-refractivity contribution in [2.45, 2.75) is 38.1 Å². The Balaban J connectivity index is 2.03. The third-order valence-corrected chi connectivity index (χ3v) is 3.54. The average Bonchev–Trinajstić information content (AvgIpc) is 2.18. The second kappa shape index (κ2) is 4.54. The summed E-state index contributed by atoms with van der Waals surface area (Å²) in [5, 5.41) is 4.41. The molecule has 2 rings (SSSR count). The van der Waals surface area contributed by atoms with E-state index in [1.165, 1.54) is 31.4 Å². The third-order valence-electron chi connectivity index (χ3n) is 3.29. The maximum Gasteiger partial charge on any atom is 0.0406 e. The minimum Gasteiger partial charge on any atom is -0.311 e. The van der Waals surface area contributed by atoms with Crippen LogP contribution in [0.1, 0.15) is 31.7 Å². The molecule has 1 nitrogen and oxygen atoms in total. The van der Waals surface area contributed by atoms with Crippen LogP contribution in [0.2, 0.25) is 5.02 Å². The van der Waals surface area contributed by atoms with Crippen LogP contribution in [0.5, 0.6) is 0 Å². The minimum atomic E-state index is 0.378. The monoisotopic (exact) mass is 223 g/mol. The first kappa shape index (κ1) is 11.0. The van der Waals surface area contributed by atoms with Gasteiger partial charge >= 0.3 is 0 Å². The lowest BCUT2D eigenvalue weighted by Crippen LogP contribution is -2.58. The number of hydrogen-bond donors (Lipinski definition) is 1. The molecule has 0 spiro atoms. The predicted molar refractivity (Wildman–Crippen MR) is 65.4 cm³/mol. The highest BCUT2D eigenvalue weighted by Gasteiger charge is 2.35. The van der Waals surface area contributed by atoms with Crippen LogP contribution in [0.15, 0.2) is 24.3 Å². The summed E-state index contributed by atoms with van der Waals surface area (Å²) in [6, 6.07) is 8.24. The molecule has 0 aromatic heterocycles. The van der Waals surface area contributed by atoms with Crippen molar-refractivity contribution in [2.75, 3.05) is 6.54 Å². The molecule has 1 aliphatic rings. The molecule has 1 N–H and O–H groups in total. The van der Waals surface area contributed by atoms with Gasteiger partial charge in [0.1, 0.15) is 0 Å². The summed E-state index contributed by atoms with van der Waals surface area (Å²) >= 11 is 5.88. The Hall–Kier alpha value is -0.530. The Kier molecular flexibility index (Phi) is 3.32. The molecule has 0 radical (unpaired) electrons. The van der Waals surface area contributed by atoms with Crippen molar-refractivity contribution in [2.24, 2.45) is 0 Å². The molecule has 1 heterocycles. The second-order valence-corrected chi connectivity index (χ2v) is 4.95. The summed E-state index contributed by atoms with van der Waals surface area (Å²) in [4.78, 5) is 0. The van der Waals surface area contributed by atoms with Crippen molar-refractivity contribution < 1.29 is 0 Å². The zero-order valence-electron chi connectivity index (χ0n) is 9.22. The Bertz CT molecular complexity index is 314. The van der Waals surface area contributed by atoms with Crippen molar-refractivity contribution >= 4 is 11.6 Å². The number of nitrogens with one attached hydrogen (secondary N) is 1. The fraction of sp³-hybridized carbons (Fsp3) is 0.538. The van der Waals surface area contributed by atoms with Crippen molar-refractivity contribution in [3.05, 3.63) is 34.9 Å². The van der Waals surface area contributed by atoms with Gasteiger partial charge < -0.3 is 5.32 Å². The Labute approximate surface area is 96.8 Å². The Morgan fingerprint density at radius 2 is 2.00 bits per heavy atom. The zero-order valence-corrected chi connectivity index (χ0v) is 9.98. The van der Waals surface area contributed by atoms with Crippen molar-refractivity contribution in [3.8, 4) is 0 Å². The minimum absolute atomic E-state index is 0.378. The Morgan fingerprint density at radius 3 is 2.47 bits per heavy atom. The van der Waals surface area contributed by atoms with E-state index >= 15 is 0 Å². The third kappa shape index (κ3) is 2.53. The highest BCUT2D eigenvalue weighted by atomic mass is 35.5. The number of halogens is 1. The molecule has 1 saturated heterocycles. The molecule has 15 heavy (non-hydrogen) atoms. The van der Waals surface area contributed by atoms with Gasteiger partial charge in [-0.2, -0.15) is 0 Å². The quantitative estimate of drug-likeness (QED) is 0.825. The van der Waals surface area contributed by atoms with E-state index in [4.69, 9.17) is 11.6 Å². The molecule has 0 aliphatic carbocycles. The summed E-state index contributed by atoms with van der Waals surface area (Å²) in [5.74, 6) is 0. The van der Waals surface area contributed by atoms with Gasteiger partial charge in [-0.05, 0) is 43.5 Å². The van der Waals surface area contributed by atoms with Gasteiger partial charge in [0.15, 0.2) is 0 Å². The first-order chi connectivity index (χ1) is 7.24. The molecular weight excluding hydrogens is 206 g/mol. The number of benzene rings is 1. The van der Waals surface area contributed by atoms with Crippen molar-refractivity contribution in [1.82, 2.24) is 5.32 Å². The van der Waals surface area contributed by atoms with E-state index in [2.05, 4.69) is 24.4 Å². The fourth-order valence-electron chi connectivity index (χ4n) is 2.40. The maximum atomic E-state index is 5.88. The molecule has 1 aliphatic heterocycles. The normalized spacial score (nSPS) is 24.9. The zero-order chi connectivity index (χ0) is 10.7. The molecule has 0 amide bonds. The van der Waals surface area contributed by atoms with Crippen LogP contribution in [0.25, 0.3) is 0 Å². The highest BCUT2D eigenvalue weighted by molar-refractivity contribution is 6.30. The molecule has 0 bridgehead atoms. The lowest BCUT2D eigenvalue weighted by atomic mass is 9.78. The van der Waals surface area contributed by atoms with Crippen LogP contribution in [-0.4, -0.2) is 12.1 Å². The first-order valence-electron chi connectivity index (χ1n) is 5.74. The molecular formula is C13H18ClN. The topological polar surface area (TPSA) is 12.0 Å². The SMILES string of the molecule is CCCC1(Cc2ccc(Cl)cc2)CCN1. The van der Waals surface area contributed by atoms with Gasteiger partial charge in [-0.1, -0.05) is 37.1 Å². The van der Waals surface area contributed by atoms with E-state index in [9.17, 15) is 0 Å². The molecule has 1 fully saturated rings. The van der Waals surface area contributed by atoms with Gasteiger partial charge in [0.05, 0.1) is 0 Å². The van der Waals surface area contributed by atoms with E-state index in [1.807, 2.05) is 12.1 Å². The summed E-state index contributed by atoms with van der Waals surface area (Å²) in [6.07, 6.45) is 4.97. The van der Waals surface area contributed by atoms with Crippen LogP contribution >= 0.6 is 11.6 Å². The van der Waals surface area contributed by atoms with Gasteiger partial charge in [0, 0.05) is 10.6 Å². The summed E-state index contributed by atoms with van der Waals surface area (Å²) in [6.45, 7) is 3.43. The lowest BCUT2D eigenvalue weighted by molar-refractivity contribution is 0.188. The summed E-state index contributed by atoms with van der Waals surface area (Å²) in [7, 11) is 0. The standard InChI is InChI=1S/C13H18ClN/c1-2-7-13(8-9-15-13)10-11-3-5-12(14)6-4-11/h3-6,15H,2,7-10H2,1H3. The predicted octanol–water partition coefficient (Wildman–Crippen LogP) is 3.41. The lowest BCUT2D eigenvalue weighted by Gasteiger charge is -2.43. The summed E-state index contributed by atoms with van der Waals surface area (Å²) < 4.78 is 0. The number of rotatable bonds is 4. The van der Waals surface area contributed by atoms with Gasteiger partial charge in [0.2, 0.25) is 0 Å². The van der Waals surface area contributed by atoms with Crippen LogP contribution in [-0.2, 0) is 6.42 Å². The van der Waals surface area contributed by atoms with E-state index in [0.717, 1.165) is 11.4 Å². The molecule has 82 valence electrons. The summed E-state index contributed by atoms with van der Waals surface area (Å²) in [5.41, 5.74) is 1.77. The highest BCUT2D eigenvalue weighted by Crippen LogP contribution is 2.29. The molecule has 2 heteroatoms. The first-order valence-corrected chi connectivity index (χ1v) is 6.11. The van der Waals surface area contributed by atoms with E-state index in [1.54, 1.807) is 0 Å². The van der Waals surface area contributed by atoms with E-state index in [0.29, 0.717) is 5.54 Å². The molecule has 1 atom stereocenters. The molecule has 1 unspecified atom stereocenters. The van der Waals surface area contributed by atoms with Crippen LogP contribution in [0.4, 0.5) is 0 Å². The van der Waals surface area contributed by atoms with Gasteiger partial charge in [-0.25, -0.2) is 0 Å². The fourth-order valence-corrected chi connectivity index (χ4v) is 2.53. The van der Waals surface area contributed by atoms with Gasteiger partial charge in [-0.3, -0.25) is 0 Å². The number of hydrogen-bond acceptors (Lipinski definition) is 1. The van der Waals surface area contributed by atoms with Gasteiger partial charge in [-0.15, -0.1) is 0 Å². The van der Waals surface area contributed by atoms with E-state index in [-0.39, 0.29) is 0 Å². The molecule has 1 aromatic carbocycles. The second-order valence-electron chi connectivity index (χ2n) is 4.51. The van der Waals surface area contributed by atoms with Crippen LogP contribution < -0.4 is 5.32 Å². The average molecular weight is 224 g/mol. The van der Waals surface area contributed by atoms with Crippen LogP contribution in [0.3, 0.4) is 0 Å². The van der Waals surface area contributed by atoms with Gasteiger partial charge in [0.25, 0.3) is 0 Å². The maximum absolute atomic E-state index is 5.88. The largest absolute Gasteiger partial charge is 0.311 e. The Morgan fingerprint density at radius 1 is 1.33 bits per heavy atom.